The highest BCUT2D eigenvalue weighted by Gasteiger charge is 2.14. The van der Waals surface area contributed by atoms with Gasteiger partial charge in [-0.3, -0.25) is 0 Å². The SMILES string of the molecule is COC(=O)c1cc(N/C=C(/C#N)c2nc(-c3ccc(C)cc3C)cs2)cc(C(=O)OC)c1. The maximum absolute atomic E-state index is 12.0. The van der Waals surface area contributed by atoms with E-state index in [1.807, 2.05) is 31.4 Å². The van der Waals surface area contributed by atoms with E-state index >= 15 is 0 Å². The van der Waals surface area contributed by atoms with Crippen molar-refractivity contribution in [2.75, 3.05) is 19.5 Å². The van der Waals surface area contributed by atoms with Crippen molar-refractivity contribution in [2.24, 2.45) is 0 Å². The average molecular weight is 448 g/mol. The lowest BCUT2D eigenvalue weighted by atomic mass is 10.0. The number of aromatic nitrogens is 1. The van der Waals surface area contributed by atoms with E-state index in [9.17, 15) is 14.9 Å². The Kier molecular flexibility index (Phi) is 7.03. The van der Waals surface area contributed by atoms with Gasteiger partial charge in [-0.15, -0.1) is 11.3 Å². The van der Waals surface area contributed by atoms with E-state index in [0.717, 1.165) is 16.8 Å². The van der Waals surface area contributed by atoms with Gasteiger partial charge in [-0.25, -0.2) is 14.6 Å². The van der Waals surface area contributed by atoms with E-state index in [4.69, 9.17) is 9.47 Å². The second-order valence-corrected chi connectivity index (χ2v) is 7.81. The Labute approximate surface area is 189 Å². The molecular formula is C24H21N3O4S. The minimum atomic E-state index is -0.596. The lowest BCUT2D eigenvalue weighted by Gasteiger charge is -2.08. The number of nitrogens with one attached hydrogen (secondary N) is 1. The Morgan fingerprint density at radius 2 is 1.72 bits per heavy atom. The second kappa shape index (κ2) is 9.90. The zero-order valence-electron chi connectivity index (χ0n) is 18.1. The standard InChI is InChI=1S/C24H21N3O4S/c1-14-5-6-20(15(2)7-14)21-13-32-22(27-21)18(11-25)12-26-19-9-16(23(28)30-3)8-17(10-19)24(29)31-4/h5-10,12-13,26H,1-4H3/b18-12-. The lowest BCUT2D eigenvalue weighted by molar-refractivity contribution is 0.0599. The summed E-state index contributed by atoms with van der Waals surface area (Å²) in [6.45, 7) is 4.06. The molecule has 0 aliphatic heterocycles. The molecule has 1 aromatic heterocycles. The third-order valence-electron chi connectivity index (χ3n) is 4.67. The fraction of sp³-hybridized carbons (Fsp3) is 0.167. The zero-order chi connectivity index (χ0) is 23.3. The minimum Gasteiger partial charge on any atom is -0.465 e. The Morgan fingerprint density at radius 3 is 2.28 bits per heavy atom. The zero-order valence-corrected chi connectivity index (χ0v) is 18.9. The summed E-state index contributed by atoms with van der Waals surface area (Å²) in [5.74, 6) is -1.19. The van der Waals surface area contributed by atoms with Crippen LogP contribution in [0, 0.1) is 25.2 Å². The number of carbonyl (C=O) groups is 2. The predicted octanol–water partition coefficient (Wildman–Crippen LogP) is 4.98. The van der Waals surface area contributed by atoms with E-state index < -0.39 is 11.9 Å². The third-order valence-corrected chi connectivity index (χ3v) is 5.55. The molecule has 3 rings (SSSR count). The molecule has 0 aliphatic rings. The van der Waals surface area contributed by atoms with Gasteiger partial charge in [0.25, 0.3) is 0 Å². The highest BCUT2D eigenvalue weighted by Crippen LogP contribution is 2.29. The molecule has 0 amide bonds. The van der Waals surface area contributed by atoms with Crippen LogP contribution >= 0.6 is 11.3 Å². The van der Waals surface area contributed by atoms with Gasteiger partial charge in [0.05, 0.1) is 31.0 Å². The van der Waals surface area contributed by atoms with Gasteiger partial charge >= 0.3 is 11.9 Å². The lowest BCUT2D eigenvalue weighted by Crippen LogP contribution is -2.07. The summed E-state index contributed by atoms with van der Waals surface area (Å²) in [4.78, 5) is 28.5. The van der Waals surface area contributed by atoms with Gasteiger partial charge < -0.3 is 14.8 Å². The van der Waals surface area contributed by atoms with Crippen LogP contribution < -0.4 is 5.32 Å². The van der Waals surface area contributed by atoms with Gasteiger partial charge in [0.2, 0.25) is 0 Å². The maximum Gasteiger partial charge on any atom is 0.337 e. The Balaban J connectivity index is 1.91. The van der Waals surface area contributed by atoms with E-state index in [1.165, 1.54) is 55.5 Å². The fourth-order valence-electron chi connectivity index (χ4n) is 3.10. The number of aryl methyl sites for hydroxylation is 2. The number of nitrogens with zero attached hydrogens (tertiary/aromatic N) is 2. The number of methoxy groups -OCH3 is 2. The summed E-state index contributed by atoms with van der Waals surface area (Å²) in [7, 11) is 2.51. The van der Waals surface area contributed by atoms with Crippen LogP contribution in [0.5, 0.6) is 0 Å². The number of nitriles is 1. The first-order chi connectivity index (χ1) is 15.4. The van der Waals surface area contributed by atoms with Gasteiger partial charge in [0, 0.05) is 22.8 Å². The van der Waals surface area contributed by atoms with E-state index in [-0.39, 0.29) is 11.1 Å². The summed E-state index contributed by atoms with van der Waals surface area (Å²) >= 11 is 1.36. The third kappa shape index (κ3) is 5.02. The molecule has 0 fully saturated rings. The van der Waals surface area contributed by atoms with Crippen LogP contribution in [0.15, 0.2) is 48.0 Å². The molecule has 32 heavy (non-hydrogen) atoms. The van der Waals surface area contributed by atoms with Gasteiger partial charge in [0.15, 0.2) is 0 Å². The number of hydrogen-bond acceptors (Lipinski definition) is 8. The van der Waals surface area contributed by atoms with Crippen molar-refractivity contribution in [3.63, 3.8) is 0 Å². The normalized spacial score (nSPS) is 10.9. The Morgan fingerprint density at radius 1 is 1.06 bits per heavy atom. The molecule has 7 nitrogen and oxygen atoms in total. The van der Waals surface area contributed by atoms with Crippen LogP contribution in [0.2, 0.25) is 0 Å². The van der Waals surface area contributed by atoms with Crippen LogP contribution in [-0.4, -0.2) is 31.1 Å². The quantitative estimate of drug-likeness (QED) is 0.420. The molecule has 0 spiro atoms. The van der Waals surface area contributed by atoms with Crippen molar-refractivity contribution in [2.45, 2.75) is 13.8 Å². The number of anilines is 1. The largest absolute Gasteiger partial charge is 0.465 e. The number of allylic oxidation sites excluding steroid dienone is 1. The molecule has 1 heterocycles. The van der Waals surface area contributed by atoms with Gasteiger partial charge in [-0.2, -0.15) is 5.26 Å². The van der Waals surface area contributed by atoms with Crippen molar-refractivity contribution in [1.82, 2.24) is 4.98 Å². The topological polar surface area (TPSA) is 101 Å². The molecule has 0 radical (unpaired) electrons. The Hall–Kier alpha value is -3.96. The monoisotopic (exact) mass is 447 g/mol. The van der Waals surface area contributed by atoms with Crippen LogP contribution in [0.1, 0.15) is 36.9 Å². The molecule has 162 valence electrons. The molecule has 0 saturated heterocycles. The number of rotatable bonds is 6. The number of hydrogen-bond donors (Lipinski definition) is 1. The Bertz CT molecular complexity index is 1220. The van der Waals surface area contributed by atoms with E-state index in [1.54, 1.807) is 0 Å². The summed E-state index contributed by atoms with van der Waals surface area (Å²) < 4.78 is 9.49. The molecule has 1 N–H and O–H groups in total. The maximum atomic E-state index is 12.0. The highest BCUT2D eigenvalue weighted by atomic mass is 32.1. The number of benzene rings is 2. The number of ether oxygens (including phenoxy) is 2. The number of carbonyl (C=O) groups excluding carboxylic acids is 2. The van der Waals surface area contributed by atoms with Crippen molar-refractivity contribution in [1.29, 1.82) is 5.26 Å². The van der Waals surface area contributed by atoms with Crippen molar-refractivity contribution >= 4 is 34.5 Å². The summed E-state index contributed by atoms with van der Waals surface area (Å²) in [6, 6.07) is 12.7. The minimum absolute atomic E-state index is 0.177. The highest BCUT2D eigenvalue weighted by molar-refractivity contribution is 7.11. The van der Waals surface area contributed by atoms with Crippen LogP contribution in [0.3, 0.4) is 0 Å². The van der Waals surface area contributed by atoms with Crippen LogP contribution in [0.25, 0.3) is 16.8 Å². The summed E-state index contributed by atoms with van der Waals surface area (Å²) in [5, 5.41) is 15.1. The molecule has 0 bridgehead atoms. The summed E-state index contributed by atoms with van der Waals surface area (Å²) in [5.41, 5.74) is 5.18. The molecule has 3 aromatic rings. The molecule has 2 aromatic carbocycles. The first kappa shape index (κ1) is 22.7. The average Bonchev–Trinajstić information content (AvgIpc) is 3.27. The second-order valence-electron chi connectivity index (χ2n) is 6.95. The summed E-state index contributed by atoms with van der Waals surface area (Å²) in [6.07, 6.45) is 1.49. The van der Waals surface area contributed by atoms with E-state index in [0.29, 0.717) is 16.3 Å². The first-order valence-corrected chi connectivity index (χ1v) is 10.5. The number of thiazole rings is 1. The van der Waals surface area contributed by atoms with Crippen LogP contribution in [0.4, 0.5) is 5.69 Å². The fourth-order valence-corrected chi connectivity index (χ4v) is 3.89. The van der Waals surface area contributed by atoms with Gasteiger partial charge in [0.1, 0.15) is 16.6 Å². The molecule has 0 saturated carbocycles. The molecule has 8 heteroatoms. The van der Waals surface area contributed by atoms with Gasteiger partial charge in [-0.1, -0.05) is 23.8 Å². The van der Waals surface area contributed by atoms with E-state index in [2.05, 4.69) is 22.4 Å². The molecular weight excluding hydrogens is 426 g/mol. The van der Waals surface area contributed by atoms with Crippen LogP contribution in [-0.2, 0) is 9.47 Å². The number of esters is 2. The molecule has 0 aliphatic carbocycles. The predicted molar refractivity (Wildman–Crippen MR) is 123 cm³/mol. The van der Waals surface area contributed by atoms with Crippen molar-refractivity contribution in [3.8, 4) is 17.3 Å². The molecule has 0 atom stereocenters. The molecule has 0 unspecified atom stereocenters. The van der Waals surface area contributed by atoms with Gasteiger partial charge in [-0.05, 0) is 37.6 Å². The first-order valence-electron chi connectivity index (χ1n) is 9.58. The van der Waals surface area contributed by atoms with Crippen molar-refractivity contribution in [3.05, 3.63) is 75.2 Å². The van der Waals surface area contributed by atoms with Crippen molar-refractivity contribution < 1.29 is 19.1 Å². The smallest absolute Gasteiger partial charge is 0.337 e.